The third kappa shape index (κ3) is 4.42. The van der Waals surface area contributed by atoms with E-state index >= 15 is 0 Å². The molecule has 162 valence electrons. The van der Waals surface area contributed by atoms with E-state index in [1.165, 1.54) is 5.56 Å². The highest BCUT2D eigenvalue weighted by molar-refractivity contribution is 6.15. The quantitative estimate of drug-likeness (QED) is 0.370. The minimum atomic E-state index is -0.155. The first kappa shape index (κ1) is 21.4. The number of Topliss-reactive ketones (excluding diaryl/α,β-unsaturated/α-hetero) is 2. The van der Waals surface area contributed by atoms with Crippen molar-refractivity contribution in [3.8, 4) is 17.2 Å². The smallest absolute Gasteiger partial charge is 0.232 e. The molecule has 0 saturated heterocycles. The zero-order chi connectivity index (χ0) is 22.7. The van der Waals surface area contributed by atoms with Gasteiger partial charge in [0.05, 0.1) is 12.7 Å². The molecule has 0 fully saturated rings. The first-order valence-electron chi connectivity index (χ1n) is 10.5. The topological polar surface area (TPSA) is 61.8 Å². The number of hydrogen-bond acceptors (Lipinski definition) is 5. The molecule has 0 aromatic heterocycles. The van der Waals surface area contributed by atoms with Crippen LogP contribution in [0.4, 0.5) is 0 Å². The molecule has 0 atom stereocenters. The van der Waals surface area contributed by atoms with Gasteiger partial charge in [0.15, 0.2) is 18.1 Å². The fourth-order valence-corrected chi connectivity index (χ4v) is 3.57. The van der Waals surface area contributed by atoms with Gasteiger partial charge in [-0.15, -0.1) is 0 Å². The molecule has 5 nitrogen and oxygen atoms in total. The predicted octanol–water partition coefficient (Wildman–Crippen LogP) is 5.44. The summed E-state index contributed by atoms with van der Waals surface area (Å²) in [5, 5.41) is 0. The molecule has 32 heavy (non-hydrogen) atoms. The highest BCUT2D eigenvalue weighted by Gasteiger charge is 2.30. The van der Waals surface area contributed by atoms with Crippen LogP contribution in [0, 0.1) is 6.92 Å². The zero-order valence-corrected chi connectivity index (χ0v) is 18.3. The van der Waals surface area contributed by atoms with Crippen molar-refractivity contribution in [2.75, 3.05) is 13.7 Å². The average molecular weight is 428 g/mol. The standard InChI is InChI=1S/C27H24O5/c1-4-18-5-7-19(8-6-18)14-25-27(29)26-17(2)13-22(15-24(26)32-25)31-16-23(28)20-9-11-21(30-3)12-10-20/h5-15H,4,16H2,1-3H3/b25-14-. The van der Waals surface area contributed by atoms with Crippen molar-refractivity contribution < 1.29 is 23.8 Å². The molecule has 0 unspecified atom stereocenters. The second-order valence-corrected chi connectivity index (χ2v) is 7.59. The molecule has 5 heteroatoms. The SMILES string of the molecule is CCc1ccc(/C=C2\Oc3cc(OCC(=O)c4ccc(OC)cc4)cc(C)c3C2=O)cc1. The van der Waals surface area contributed by atoms with Crippen molar-refractivity contribution >= 4 is 17.6 Å². The van der Waals surface area contributed by atoms with E-state index in [9.17, 15) is 9.59 Å². The molecule has 3 aromatic rings. The van der Waals surface area contributed by atoms with Crippen LogP contribution in [0.2, 0.25) is 0 Å². The number of aryl methyl sites for hydroxylation is 2. The van der Waals surface area contributed by atoms with E-state index in [1.807, 2.05) is 31.2 Å². The average Bonchev–Trinajstić information content (AvgIpc) is 3.13. The maximum absolute atomic E-state index is 12.9. The van der Waals surface area contributed by atoms with Gasteiger partial charge in [0, 0.05) is 11.6 Å². The molecule has 1 heterocycles. The lowest BCUT2D eigenvalue weighted by Gasteiger charge is -2.09. The minimum Gasteiger partial charge on any atom is -0.497 e. The maximum atomic E-state index is 12.9. The Morgan fingerprint density at radius 1 is 1.00 bits per heavy atom. The third-order valence-electron chi connectivity index (χ3n) is 5.41. The monoisotopic (exact) mass is 428 g/mol. The molecular weight excluding hydrogens is 404 g/mol. The van der Waals surface area contributed by atoms with Crippen LogP contribution in [-0.4, -0.2) is 25.3 Å². The van der Waals surface area contributed by atoms with E-state index in [1.54, 1.807) is 49.6 Å². The number of methoxy groups -OCH3 is 1. The van der Waals surface area contributed by atoms with Crippen LogP contribution in [0.25, 0.3) is 6.08 Å². The Morgan fingerprint density at radius 2 is 1.72 bits per heavy atom. The van der Waals surface area contributed by atoms with Crippen molar-refractivity contribution in [2.45, 2.75) is 20.3 Å². The molecule has 0 radical (unpaired) electrons. The minimum absolute atomic E-state index is 0.120. The number of ether oxygens (including phenoxy) is 3. The van der Waals surface area contributed by atoms with Gasteiger partial charge in [-0.25, -0.2) is 0 Å². The molecule has 1 aliphatic heterocycles. The van der Waals surface area contributed by atoms with Gasteiger partial charge in [-0.3, -0.25) is 9.59 Å². The van der Waals surface area contributed by atoms with Crippen LogP contribution in [0.5, 0.6) is 17.2 Å². The predicted molar refractivity (Wildman–Crippen MR) is 123 cm³/mol. The van der Waals surface area contributed by atoms with Gasteiger partial charge in [-0.2, -0.15) is 0 Å². The summed E-state index contributed by atoms with van der Waals surface area (Å²) in [6.07, 6.45) is 2.70. The molecule has 0 amide bonds. The number of rotatable bonds is 7. The Hall–Kier alpha value is -3.86. The van der Waals surface area contributed by atoms with Crippen LogP contribution in [0.1, 0.15) is 44.3 Å². The summed E-state index contributed by atoms with van der Waals surface area (Å²) in [5.41, 5.74) is 3.93. The van der Waals surface area contributed by atoms with Crippen LogP contribution < -0.4 is 14.2 Å². The number of hydrogen-bond donors (Lipinski definition) is 0. The summed E-state index contributed by atoms with van der Waals surface area (Å²) in [6.45, 7) is 3.81. The Balaban J connectivity index is 1.48. The number of carbonyl (C=O) groups is 2. The van der Waals surface area contributed by atoms with Gasteiger partial charge in [-0.05, 0) is 66.4 Å². The van der Waals surface area contributed by atoms with E-state index in [2.05, 4.69) is 6.92 Å². The van der Waals surface area contributed by atoms with E-state index in [-0.39, 0.29) is 23.9 Å². The Kier molecular flexibility index (Phi) is 6.08. The molecule has 1 aliphatic rings. The number of benzene rings is 3. The summed E-state index contributed by atoms with van der Waals surface area (Å²) in [6, 6.07) is 18.3. The fraction of sp³-hybridized carbons (Fsp3) is 0.185. The molecule has 3 aromatic carbocycles. The first-order chi connectivity index (χ1) is 15.5. The lowest BCUT2D eigenvalue weighted by molar-refractivity contribution is 0.0920. The summed E-state index contributed by atoms with van der Waals surface area (Å²) in [5.74, 6) is 1.57. The van der Waals surface area contributed by atoms with Crippen LogP contribution in [0.15, 0.2) is 66.4 Å². The molecule has 0 bridgehead atoms. The Bertz CT molecular complexity index is 1190. The number of ketones is 2. The highest BCUT2D eigenvalue weighted by Crippen LogP contribution is 2.37. The van der Waals surface area contributed by atoms with Crippen molar-refractivity contribution in [1.82, 2.24) is 0 Å². The fourth-order valence-electron chi connectivity index (χ4n) is 3.57. The number of fused-ring (bicyclic) bond motifs is 1. The molecular formula is C27H24O5. The van der Waals surface area contributed by atoms with Gasteiger partial charge in [0.2, 0.25) is 5.78 Å². The number of carbonyl (C=O) groups excluding carboxylic acids is 2. The summed E-state index contributed by atoms with van der Waals surface area (Å²) in [7, 11) is 1.57. The van der Waals surface area contributed by atoms with Crippen LogP contribution in [0.3, 0.4) is 0 Å². The van der Waals surface area contributed by atoms with Gasteiger partial charge < -0.3 is 14.2 Å². The van der Waals surface area contributed by atoms with Crippen molar-refractivity contribution in [3.05, 3.63) is 94.2 Å². The second-order valence-electron chi connectivity index (χ2n) is 7.59. The first-order valence-corrected chi connectivity index (χ1v) is 10.5. The molecule has 0 saturated carbocycles. The maximum Gasteiger partial charge on any atom is 0.232 e. The zero-order valence-electron chi connectivity index (χ0n) is 18.3. The lowest BCUT2D eigenvalue weighted by atomic mass is 10.0. The molecule has 0 spiro atoms. The van der Waals surface area contributed by atoms with E-state index < -0.39 is 0 Å². The molecule has 4 rings (SSSR count). The van der Waals surface area contributed by atoms with Gasteiger partial charge in [0.1, 0.15) is 17.2 Å². The lowest BCUT2D eigenvalue weighted by Crippen LogP contribution is -2.11. The van der Waals surface area contributed by atoms with E-state index in [0.717, 1.165) is 17.5 Å². The van der Waals surface area contributed by atoms with E-state index in [4.69, 9.17) is 14.2 Å². The van der Waals surface area contributed by atoms with Crippen LogP contribution in [-0.2, 0) is 6.42 Å². The molecule has 0 aliphatic carbocycles. The highest BCUT2D eigenvalue weighted by atomic mass is 16.5. The van der Waals surface area contributed by atoms with Crippen molar-refractivity contribution in [2.24, 2.45) is 0 Å². The summed E-state index contributed by atoms with van der Waals surface area (Å²) in [4.78, 5) is 25.3. The molecule has 0 N–H and O–H groups in total. The van der Waals surface area contributed by atoms with Gasteiger partial charge in [0.25, 0.3) is 0 Å². The van der Waals surface area contributed by atoms with Crippen molar-refractivity contribution in [1.29, 1.82) is 0 Å². The van der Waals surface area contributed by atoms with Gasteiger partial charge in [-0.1, -0.05) is 31.2 Å². The normalized spacial score (nSPS) is 13.6. The summed E-state index contributed by atoms with van der Waals surface area (Å²) >= 11 is 0. The summed E-state index contributed by atoms with van der Waals surface area (Å²) < 4.78 is 16.7. The number of allylic oxidation sites excluding steroid dienone is 1. The van der Waals surface area contributed by atoms with E-state index in [0.29, 0.717) is 28.4 Å². The second kappa shape index (κ2) is 9.10. The largest absolute Gasteiger partial charge is 0.497 e. The third-order valence-corrected chi connectivity index (χ3v) is 5.41. The van der Waals surface area contributed by atoms with Crippen LogP contribution >= 0.6 is 0 Å². The van der Waals surface area contributed by atoms with Crippen molar-refractivity contribution in [3.63, 3.8) is 0 Å². The Labute approximate surface area is 187 Å². The van der Waals surface area contributed by atoms with Gasteiger partial charge >= 0.3 is 0 Å². The Morgan fingerprint density at radius 3 is 2.38 bits per heavy atom.